The van der Waals surface area contributed by atoms with Crippen molar-refractivity contribution in [2.45, 2.75) is 57.8 Å². The molecule has 0 amide bonds. The summed E-state index contributed by atoms with van der Waals surface area (Å²) in [7, 11) is 0. The molecule has 0 heterocycles. The second-order valence-electron chi connectivity index (χ2n) is 8.69. The Labute approximate surface area is 166 Å². The first kappa shape index (κ1) is 19.4. The van der Waals surface area contributed by atoms with Gasteiger partial charge >= 0.3 is 0 Å². The molecule has 2 aromatic carbocycles. The van der Waals surface area contributed by atoms with Crippen LogP contribution < -0.4 is 4.74 Å². The first-order valence-corrected chi connectivity index (χ1v) is 10.8. The lowest BCUT2D eigenvalue weighted by Gasteiger charge is -2.42. The molecule has 2 aliphatic carbocycles. The van der Waals surface area contributed by atoms with E-state index in [1.807, 2.05) is 12.1 Å². The molecule has 4 unspecified atom stereocenters. The van der Waals surface area contributed by atoms with Crippen molar-refractivity contribution in [2.24, 2.45) is 17.8 Å². The summed E-state index contributed by atoms with van der Waals surface area (Å²) in [5.74, 6) is 2.08. The summed E-state index contributed by atoms with van der Waals surface area (Å²) < 4.78 is 35.5. The van der Waals surface area contributed by atoms with Gasteiger partial charge in [-0.05, 0) is 72.8 Å². The van der Waals surface area contributed by atoms with Crippen LogP contribution in [0.2, 0.25) is 0 Å². The normalized spacial score (nSPS) is 27.4. The Kier molecular flexibility index (Phi) is 5.70. The Morgan fingerprint density at radius 2 is 1.86 bits per heavy atom. The Morgan fingerprint density at radius 1 is 1.07 bits per heavy atom. The van der Waals surface area contributed by atoms with Gasteiger partial charge in [-0.25, -0.2) is 8.78 Å². The minimum atomic E-state index is -0.548. The summed E-state index contributed by atoms with van der Waals surface area (Å²) in [5, 5.41) is 0.651. The van der Waals surface area contributed by atoms with E-state index in [9.17, 15) is 4.39 Å². The van der Waals surface area contributed by atoms with Crippen LogP contribution in [0.4, 0.5) is 8.78 Å². The fourth-order valence-corrected chi connectivity index (χ4v) is 5.56. The number of rotatable bonds is 5. The molecule has 2 aromatic rings. The van der Waals surface area contributed by atoms with Crippen LogP contribution in [0.3, 0.4) is 0 Å². The van der Waals surface area contributed by atoms with Gasteiger partial charge in [0.05, 0.1) is 5.39 Å². The monoisotopic (exact) mass is 384 g/mol. The molecule has 2 fully saturated rings. The molecular formula is C25H30F2O. The molecule has 4 atom stereocenters. The molecule has 0 saturated heterocycles. The van der Waals surface area contributed by atoms with E-state index in [1.165, 1.54) is 38.2 Å². The highest BCUT2D eigenvalue weighted by atomic mass is 19.1. The van der Waals surface area contributed by atoms with Crippen LogP contribution in [0.1, 0.15) is 63.4 Å². The maximum absolute atomic E-state index is 15.3. The molecule has 0 N–H and O–H groups in total. The molecule has 0 radical (unpaired) electrons. The van der Waals surface area contributed by atoms with E-state index in [1.54, 1.807) is 12.1 Å². The average molecular weight is 385 g/mol. The number of halogens is 2. The molecule has 150 valence electrons. The zero-order valence-electron chi connectivity index (χ0n) is 16.7. The highest BCUT2D eigenvalue weighted by Gasteiger charge is 2.36. The van der Waals surface area contributed by atoms with Crippen LogP contribution in [-0.2, 0) is 0 Å². The van der Waals surface area contributed by atoms with E-state index in [-0.39, 0.29) is 17.1 Å². The minimum Gasteiger partial charge on any atom is -0.489 e. The van der Waals surface area contributed by atoms with Gasteiger partial charge in [-0.2, -0.15) is 0 Å². The highest BCUT2D eigenvalue weighted by molar-refractivity contribution is 5.86. The number of ether oxygens (including phenoxy) is 1. The van der Waals surface area contributed by atoms with E-state index in [4.69, 9.17) is 4.74 Å². The van der Waals surface area contributed by atoms with Crippen LogP contribution in [0, 0.1) is 29.4 Å². The molecule has 2 saturated carbocycles. The van der Waals surface area contributed by atoms with Gasteiger partial charge in [-0.1, -0.05) is 44.6 Å². The first-order chi connectivity index (χ1) is 13.6. The summed E-state index contributed by atoms with van der Waals surface area (Å²) >= 11 is 0. The van der Waals surface area contributed by atoms with E-state index in [2.05, 4.69) is 13.5 Å². The Hall–Kier alpha value is -1.90. The fraction of sp³-hybridized carbons (Fsp3) is 0.520. The van der Waals surface area contributed by atoms with Crippen molar-refractivity contribution >= 4 is 10.8 Å². The highest BCUT2D eigenvalue weighted by Crippen LogP contribution is 2.49. The Bertz CT molecular complexity index is 859. The van der Waals surface area contributed by atoms with Crippen molar-refractivity contribution in [2.75, 3.05) is 6.61 Å². The van der Waals surface area contributed by atoms with Gasteiger partial charge < -0.3 is 4.74 Å². The van der Waals surface area contributed by atoms with Crippen LogP contribution in [0.15, 0.2) is 36.9 Å². The standard InChI is InChI=1S/C25H30F2O/c1-3-11-28-21-14-20-9-10-22(25(27)24(20)23(26)15-21)19-8-7-17-12-16(4-2)5-6-18(17)13-19/h3,9-10,14-19H,1,4-8,11-13H2,2H3. The third-order valence-corrected chi connectivity index (χ3v) is 7.12. The van der Waals surface area contributed by atoms with Crippen molar-refractivity contribution in [3.63, 3.8) is 0 Å². The molecule has 0 spiro atoms. The predicted octanol–water partition coefficient (Wildman–Crippen LogP) is 7.39. The van der Waals surface area contributed by atoms with Gasteiger partial charge in [-0.15, -0.1) is 0 Å². The Morgan fingerprint density at radius 3 is 2.64 bits per heavy atom. The van der Waals surface area contributed by atoms with Crippen LogP contribution in [-0.4, -0.2) is 6.61 Å². The van der Waals surface area contributed by atoms with Gasteiger partial charge in [-0.3, -0.25) is 0 Å². The topological polar surface area (TPSA) is 9.23 Å². The summed E-state index contributed by atoms with van der Waals surface area (Å²) in [4.78, 5) is 0. The van der Waals surface area contributed by atoms with Crippen molar-refractivity contribution < 1.29 is 13.5 Å². The SMILES string of the molecule is C=CCOc1cc(F)c2c(F)c(C3CCC4CC(CC)CCC4C3)ccc2c1. The minimum absolute atomic E-state index is 0.0975. The maximum Gasteiger partial charge on any atom is 0.137 e. The van der Waals surface area contributed by atoms with Gasteiger partial charge in [0.15, 0.2) is 0 Å². The second kappa shape index (κ2) is 8.23. The summed E-state index contributed by atoms with van der Waals surface area (Å²) in [6.45, 7) is 6.19. The lowest BCUT2D eigenvalue weighted by molar-refractivity contribution is 0.116. The van der Waals surface area contributed by atoms with Gasteiger partial charge in [0, 0.05) is 6.07 Å². The predicted molar refractivity (Wildman–Crippen MR) is 111 cm³/mol. The van der Waals surface area contributed by atoms with E-state index < -0.39 is 5.82 Å². The zero-order chi connectivity index (χ0) is 19.7. The molecule has 3 heteroatoms. The molecule has 1 nitrogen and oxygen atoms in total. The largest absolute Gasteiger partial charge is 0.489 e. The Balaban J connectivity index is 1.59. The fourth-order valence-electron chi connectivity index (χ4n) is 5.56. The lowest BCUT2D eigenvalue weighted by atomic mass is 9.63. The van der Waals surface area contributed by atoms with Gasteiger partial charge in [0.25, 0.3) is 0 Å². The smallest absolute Gasteiger partial charge is 0.137 e. The summed E-state index contributed by atoms with van der Waals surface area (Å²) in [6.07, 6.45) is 10.1. The number of hydrogen-bond donors (Lipinski definition) is 0. The zero-order valence-corrected chi connectivity index (χ0v) is 16.7. The van der Waals surface area contributed by atoms with Gasteiger partial charge in [0.2, 0.25) is 0 Å². The summed E-state index contributed by atoms with van der Waals surface area (Å²) in [6, 6.07) is 6.70. The second-order valence-corrected chi connectivity index (χ2v) is 8.69. The molecule has 0 aliphatic heterocycles. The first-order valence-electron chi connectivity index (χ1n) is 10.8. The van der Waals surface area contributed by atoms with Crippen molar-refractivity contribution in [3.05, 3.63) is 54.1 Å². The molecule has 28 heavy (non-hydrogen) atoms. The van der Waals surface area contributed by atoms with E-state index in [0.717, 1.165) is 24.7 Å². The average Bonchev–Trinajstić information content (AvgIpc) is 2.71. The van der Waals surface area contributed by atoms with Crippen LogP contribution in [0.25, 0.3) is 10.8 Å². The van der Waals surface area contributed by atoms with E-state index in [0.29, 0.717) is 29.2 Å². The lowest BCUT2D eigenvalue weighted by Crippen LogP contribution is -2.30. The quantitative estimate of drug-likeness (QED) is 0.488. The van der Waals surface area contributed by atoms with Gasteiger partial charge in [0.1, 0.15) is 24.0 Å². The number of fused-ring (bicyclic) bond motifs is 2. The van der Waals surface area contributed by atoms with Crippen molar-refractivity contribution in [1.82, 2.24) is 0 Å². The van der Waals surface area contributed by atoms with E-state index >= 15 is 4.39 Å². The third kappa shape index (κ3) is 3.68. The van der Waals surface area contributed by atoms with Crippen LogP contribution in [0.5, 0.6) is 5.75 Å². The maximum atomic E-state index is 15.3. The van der Waals surface area contributed by atoms with Crippen molar-refractivity contribution in [3.8, 4) is 5.75 Å². The van der Waals surface area contributed by atoms with Crippen molar-refractivity contribution in [1.29, 1.82) is 0 Å². The van der Waals surface area contributed by atoms with Crippen LogP contribution >= 0.6 is 0 Å². The molecule has 4 rings (SSSR count). The number of hydrogen-bond acceptors (Lipinski definition) is 1. The molecule has 0 aromatic heterocycles. The molecular weight excluding hydrogens is 354 g/mol. The number of benzene rings is 2. The summed E-state index contributed by atoms with van der Waals surface area (Å²) in [5.41, 5.74) is 0.697. The molecule has 0 bridgehead atoms. The third-order valence-electron chi connectivity index (χ3n) is 7.12. The molecule has 2 aliphatic rings.